The molecule has 3 aromatic carbocycles. The Bertz CT molecular complexity index is 1190. The van der Waals surface area contributed by atoms with Gasteiger partial charge < -0.3 is 4.57 Å². The zero-order valence-electron chi connectivity index (χ0n) is 14.2. The molecule has 0 aliphatic heterocycles. The highest BCUT2D eigenvalue weighted by molar-refractivity contribution is 6.03. The molecule has 2 heterocycles. The van der Waals surface area contributed by atoms with Crippen LogP contribution < -0.4 is 0 Å². The van der Waals surface area contributed by atoms with Crippen molar-refractivity contribution in [3.8, 4) is 11.3 Å². The molecule has 124 valence electrons. The van der Waals surface area contributed by atoms with Crippen molar-refractivity contribution in [1.29, 1.82) is 0 Å². The summed E-state index contributed by atoms with van der Waals surface area (Å²) in [5, 5.41) is 1.09. The first kappa shape index (κ1) is 14.8. The summed E-state index contributed by atoms with van der Waals surface area (Å²) in [6.45, 7) is 0.818. The van der Waals surface area contributed by atoms with E-state index in [1.54, 1.807) is 0 Å². The second kappa shape index (κ2) is 6.12. The normalized spacial score (nSPS) is 11.2. The fourth-order valence-corrected chi connectivity index (χ4v) is 3.41. The number of nitrogens with zero attached hydrogens (tertiary/aromatic N) is 3. The SMILES string of the molecule is c1ccc(Cn2cnc3c4ccc(-c5ccccc5)nc4ccc32)cc1. The van der Waals surface area contributed by atoms with Gasteiger partial charge in [0.25, 0.3) is 0 Å². The van der Waals surface area contributed by atoms with Crippen LogP contribution in [0.4, 0.5) is 0 Å². The van der Waals surface area contributed by atoms with Crippen LogP contribution in [0.1, 0.15) is 5.56 Å². The molecule has 3 nitrogen and oxygen atoms in total. The molecule has 0 bridgehead atoms. The molecule has 0 saturated heterocycles. The standard InChI is InChI=1S/C23H17N3/c1-3-7-17(8-4-1)15-26-16-24-23-19-11-12-20(18-9-5-2-6-10-18)25-21(19)13-14-22(23)26/h1-14,16H,15H2. The predicted octanol–water partition coefficient (Wildman–Crippen LogP) is 5.30. The largest absolute Gasteiger partial charge is 0.326 e. The second-order valence-corrected chi connectivity index (χ2v) is 6.42. The smallest absolute Gasteiger partial charge is 0.0978 e. The van der Waals surface area contributed by atoms with E-state index in [9.17, 15) is 0 Å². The Labute approximate surface area is 151 Å². The lowest BCUT2D eigenvalue weighted by molar-refractivity contribution is 0.824. The Morgan fingerprint density at radius 3 is 2.31 bits per heavy atom. The highest BCUT2D eigenvalue weighted by Gasteiger charge is 2.09. The third kappa shape index (κ3) is 2.54. The van der Waals surface area contributed by atoms with E-state index in [4.69, 9.17) is 4.98 Å². The van der Waals surface area contributed by atoms with Crippen LogP contribution in [0.3, 0.4) is 0 Å². The monoisotopic (exact) mass is 335 g/mol. The fraction of sp³-hybridized carbons (Fsp3) is 0.0435. The number of fused-ring (bicyclic) bond motifs is 3. The van der Waals surface area contributed by atoms with Gasteiger partial charge in [0.1, 0.15) is 0 Å². The molecule has 0 aliphatic rings. The Morgan fingerprint density at radius 2 is 1.50 bits per heavy atom. The molecule has 0 fully saturated rings. The van der Waals surface area contributed by atoms with Crippen LogP contribution in [0.25, 0.3) is 33.2 Å². The number of hydrogen-bond donors (Lipinski definition) is 0. The van der Waals surface area contributed by atoms with Crippen molar-refractivity contribution < 1.29 is 0 Å². The molecule has 0 aliphatic carbocycles. The summed E-state index contributed by atoms with van der Waals surface area (Å²) < 4.78 is 2.19. The van der Waals surface area contributed by atoms with Crippen LogP contribution in [0, 0.1) is 0 Å². The summed E-state index contributed by atoms with van der Waals surface area (Å²) in [6.07, 6.45) is 1.92. The van der Waals surface area contributed by atoms with Gasteiger partial charge in [0.15, 0.2) is 0 Å². The highest BCUT2D eigenvalue weighted by atomic mass is 15.0. The number of benzene rings is 3. The van der Waals surface area contributed by atoms with Gasteiger partial charge in [0.2, 0.25) is 0 Å². The maximum atomic E-state index is 4.84. The number of imidazole rings is 1. The average Bonchev–Trinajstić information content (AvgIpc) is 3.12. The van der Waals surface area contributed by atoms with E-state index in [-0.39, 0.29) is 0 Å². The molecular weight excluding hydrogens is 318 g/mol. The maximum Gasteiger partial charge on any atom is 0.0978 e. The topological polar surface area (TPSA) is 30.7 Å². The molecule has 5 aromatic rings. The molecule has 0 radical (unpaired) electrons. The van der Waals surface area contributed by atoms with Crippen LogP contribution in [0.5, 0.6) is 0 Å². The van der Waals surface area contributed by atoms with Gasteiger partial charge in [0.05, 0.1) is 28.6 Å². The lowest BCUT2D eigenvalue weighted by Gasteiger charge is -2.06. The third-order valence-electron chi connectivity index (χ3n) is 4.72. The summed E-state index contributed by atoms with van der Waals surface area (Å²) in [5.41, 5.74) is 6.50. The zero-order chi connectivity index (χ0) is 17.3. The number of hydrogen-bond acceptors (Lipinski definition) is 2. The van der Waals surface area contributed by atoms with E-state index < -0.39 is 0 Å². The molecule has 0 saturated carbocycles. The lowest BCUT2D eigenvalue weighted by atomic mass is 10.1. The van der Waals surface area contributed by atoms with Crippen LogP contribution in [-0.4, -0.2) is 14.5 Å². The molecule has 3 heteroatoms. The number of pyridine rings is 1. The first-order chi connectivity index (χ1) is 12.9. The molecular formula is C23H17N3. The van der Waals surface area contributed by atoms with Gasteiger partial charge in [0, 0.05) is 17.5 Å². The predicted molar refractivity (Wildman–Crippen MR) is 106 cm³/mol. The van der Waals surface area contributed by atoms with Crippen molar-refractivity contribution >= 4 is 21.9 Å². The van der Waals surface area contributed by atoms with Gasteiger partial charge in [-0.1, -0.05) is 60.7 Å². The van der Waals surface area contributed by atoms with Crippen LogP contribution in [0.15, 0.2) is 91.3 Å². The van der Waals surface area contributed by atoms with Gasteiger partial charge in [-0.25, -0.2) is 9.97 Å². The Morgan fingerprint density at radius 1 is 0.731 bits per heavy atom. The number of aromatic nitrogens is 3. The van der Waals surface area contributed by atoms with E-state index in [0.29, 0.717) is 0 Å². The Kier molecular flexibility index (Phi) is 3.49. The number of rotatable bonds is 3. The molecule has 5 rings (SSSR count). The van der Waals surface area contributed by atoms with E-state index in [1.807, 2.05) is 30.6 Å². The van der Waals surface area contributed by atoms with E-state index in [1.165, 1.54) is 5.56 Å². The van der Waals surface area contributed by atoms with E-state index in [0.717, 1.165) is 39.7 Å². The van der Waals surface area contributed by atoms with Gasteiger partial charge in [-0.05, 0) is 29.8 Å². The van der Waals surface area contributed by atoms with Gasteiger partial charge in [-0.3, -0.25) is 0 Å². The third-order valence-corrected chi connectivity index (χ3v) is 4.72. The van der Waals surface area contributed by atoms with Crippen molar-refractivity contribution in [3.63, 3.8) is 0 Å². The fourth-order valence-electron chi connectivity index (χ4n) is 3.41. The van der Waals surface area contributed by atoms with Crippen LogP contribution in [-0.2, 0) is 6.54 Å². The molecule has 0 unspecified atom stereocenters. The molecule has 0 amide bonds. The second-order valence-electron chi connectivity index (χ2n) is 6.42. The summed E-state index contributed by atoms with van der Waals surface area (Å²) >= 11 is 0. The molecule has 0 spiro atoms. The first-order valence-electron chi connectivity index (χ1n) is 8.72. The minimum absolute atomic E-state index is 0.818. The van der Waals surface area contributed by atoms with Gasteiger partial charge in [-0.2, -0.15) is 0 Å². The average molecular weight is 335 g/mol. The lowest BCUT2D eigenvalue weighted by Crippen LogP contribution is -1.97. The quantitative estimate of drug-likeness (QED) is 0.448. The van der Waals surface area contributed by atoms with Gasteiger partial charge in [-0.15, -0.1) is 0 Å². The van der Waals surface area contributed by atoms with E-state index in [2.05, 4.69) is 70.2 Å². The maximum absolute atomic E-state index is 4.84. The highest BCUT2D eigenvalue weighted by Crippen LogP contribution is 2.26. The van der Waals surface area contributed by atoms with Crippen LogP contribution >= 0.6 is 0 Å². The summed E-state index contributed by atoms with van der Waals surface area (Å²) in [6, 6.07) is 29.1. The van der Waals surface area contributed by atoms with Gasteiger partial charge >= 0.3 is 0 Å². The summed E-state index contributed by atoms with van der Waals surface area (Å²) in [7, 11) is 0. The Hall–Kier alpha value is -3.46. The summed E-state index contributed by atoms with van der Waals surface area (Å²) in [5.74, 6) is 0. The van der Waals surface area contributed by atoms with Crippen molar-refractivity contribution in [3.05, 3.63) is 96.8 Å². The Balaban J connectivity index is 1.60. The van der Waals surface area contributed by atoms with Crippen molar-refractivity contribution in [2.24, 2.45) is 0 Å². The minimum atomic E-state index is 0.818. The van der Waals surface area contributed by atoms with Crippen molar-refractivity contribution in [1.82, 2.24) is 14.5 Å². The summed E-state index contributed by atoms with van der Waals surface area (Å²) in [4.78, 5) is 9.51. The molecule has 26 heavy (non-hydrogen) atoms. The minimum Gasteiger partial charge on any atom is -0.326 e. The van der Waals surface area contributed by atoms with Crippen LogP contribution in [0.2, 0.25) is 0 Å². The van der Waals surface area contributed by atoms with Crippen molar-refractivity contribution in [2.75, 3.05) is 0 Å². The first-order valence-corrected chi connectivity index (χ1v) is 8.72. The molecule has 0 N–H and O–H groups in total. The van der Waals surface area contributed by atoms with E-state index >= 15 is 0 Å². The van der Waals surface area contributed by atoms with Crippen molar-refractivity contribution in [2.45, 2.75) is 6.54 Å². The molecule has 2 aromatic heterocycles. The zero-order valence-corrected chi connectivity index (χ0v) is 14.2. The molecule has 0 atom stereocenters.